The van der Waals surface area contributed by atoms with Gasteiger partial charge in [-0.3, -0.25) is 4.31 Å². The zero-order valence-corrected chi connectivity index (χ0v) is 17.2. The van der Waals surface area contributed by atoms with Crippen molar-refractivity contribution in [3.63, 3.8) is 0 Å². The number of nitrogens with zero attached hydrogens (tertiary/aromatic N) is 2. The Morgan fingerprint density at radius 2 is 1.48 bits per heavy atom. The van der Waals surface area contributed by atoms with Gasteiger partial charge in [0.15, 0.2) is 0 Å². The average molecular weight is 405 g/mol. The lowest BCUT2D eigenvalue weighted by Gasteiger charge is -2.40. The van der Waals surface area contributed by atoms with Gasteiger partial charge in [-0.15, -0.1) is 0 Å². The standard InChI is InChI=1S/C24H24N2O2S/c1-2-26-22-16-10-9-15-20(22)23-24(29(26,27)28)21(18-11-5-3-6-12-18)17-25(23)19-13-7-4-8-14-19/h3-16,21,23-24H,2,17H2,1H3/t21-,23-,24-/m0/s1. The summed E-state index contributed by atoms with van der Waals surface area (Å²) in [5.74, 6) is -0.0891. The Kier molecular flexibility index (Phi) is 4.36. The van der Waals surface area contributed by atoms with Crippen molar-refractivity contribution in [2.24, 2.45) is 0 Å². The van der Waals surface area contributed by atoms with Crippen LogP contribution in [0.25, 0.3) is 0 Å². The molecule has 0 N–H and O–H groups in total. The molecule has 0 radical (unpaired) electrons. The van der Waals surface area contributed by atoms with Crippen LogP contribution in [0.5, 0.6) is 0 Å². The smallest absolute Gasteiger partial charge is 0.241 e. The highest BCUT2D eigenvalue weighted by molar-refractivity contribution is 7.93. The van der Waals surface area contributed by atoms with E-state index in [1.165, 1.54) is 0 Å². The second kappa shape index (κ2) is 6.92. The van der Waals surface area contributed by atoms with Crippen LogP contribution in [0.15, 0.2) is 84.9 Å². The Balaban J connectivity index is 1.75. The van der Waals surface area contributed by atoms with E-state index in [1.807, 2.05) is 61.5 Å². The van der Waals surface area contributed by atoms with E-state index < -0.39 is 15.3 Å². The molecule has 1 fully saturated rings. The van der Waals surface area contributed by atoms with Crippen molar-refractivity contribution in [1.29, 1.82) is 0 Å². The van der Waals surface area contributed by atoms with Crippen LogP contribution in [0.3, 0.4) is 0 Å². The number of rotatable bonds is 3. The van der Waals surface area contributed by atoms with E-state index in [-0.39, 0.29) is 12.0 Å². The molecular formula is C24H24N2O2S. The third kappa shape index (κ3) is 2.76. The molecule has 1 saturated heterocycles. The minimum Gasteiger partial charge on any atom is -0.362 e. The lowest BCUT2D eigenvalue weighted by Crippen LogP contribution is -2.48. The summed E-state index contributed by atoms with van der Waals surface area (Å²) in [4.78, 5) is 2.28. The van der Waals surface area contributed by atoms with Crippen LogP contribution in [0.4, 0.5) is 11.4 Å². The number of hydrogen-bond donors (Lipinski definition) is 0. The van der Waals surface area contributed by atoms with Crippen molar-refractivity contribution in [3.8, 4) is 0 Å². The molecule has 3 aromatic carbocycles. The van der Waals surface area contributed by atoms with Crippen molar-refractivity contribution < 1.29 is 8.42 Å². The average Bonchev–Trinajstić information content (AvgIpc) is 3.17. The van der Waals surface area contributed by atoms with Gasteiger partial charge in [0.25, 0.3) is 0 Å². The molecule has 0 spiro atoms. The molecule has 0 aromatic heterocycles. The number of para-hydroxylation sites is 2. The maximum Gasteiger partial charge on any atom is 0.241 e. The van der Waals surface area contributed by atoms with Crippen molar-refractivity contribution in [2.45, 2.75) is 24.1 Å². The topological polar surface area (TPSA) is 40.6 Å². The summed E-state index contributed by atoms with van der Waals surface area (Å²) in [6.45, 7) is 3.03. The van der Waals surface area contributed by atoms with E-state index in [1.54, 1.807) is 4.31 Å². The van der Waals surface area contributed by atoms with Gasteiger partial charge in [-0.1, -0.05) is 66.7 Å². The van der Waals surface area contributed by atoms with E-state index in [0.717, 1.165) is 22.5 Å². The fraction of sp³-hybridized carbons (Fsp3) is 0.250. The molecule has 2 aliphatic rings. The molecule has 2 heterocycles. The number of anilines is 2. The lowest BCUT2D eigenvalue weighted by molar-refractivity contribution is 0.547. The summed E-state index contributed by atoms with van der Waals surface area (Å²) in [5.41, 5.74) is 4.05. The van der Waals surface area contributed by atoms with Crippen molar-refractivity contribution in [2.75, 3.05) is 22.3 Å². The summed E-state index contributed by atoms with van der Waals surface area (Å²) in [6.07, 6.45) is 0. The summed E-state index contributed by atoms with van der Waals surface area (Å²) in [6, 6.07) is 28.0. The van der Waals surface area contributed by atoms with Gasteiger partial charge in [0, 0.05) is 30.3 Å². The molecule has 5 heteroatoms. The van der Waals surface area contributed by atoms with E-state index in [4.69, 9.17) is 0 Å². The van der Waals surface area contributed by atoms with Gasteiger partial charge >= 0.3 is 0 Å². The third-order valence-corrected chi connectivity index (χ3v) is 8.56. The normalized spacial score (nSPS) is 24.8. The Morgan fingerprint density at radius 1 is 0.862 bits per heavy atom. The van der Waals surface area contributed by atoms with Crippen LogP contribution in [-0.4, -0.2) is 26.8 Å². The molecule has 0 amide bonds. The monoisotopic (exact) mass is 404 g/mol. The predicted molar refractivity (Wildman–Crippen MR) is 118 cm³/mol. The van der Waals surface area contributed by atoms with Crippen molar-refractivity contribution >= 4 is 21.4 Å². The van der Waals surface area contributed by atoms with E-state index in [0.29, 0.717) is 13.1 Å². The van der Waals surface area contributed by atoms with Crippen LogP contribution < -0.4 is 9.21 Å². The van der Waals surface area contributed by atoms with Gasteiger partial charge in [-0.2, -0.15) is 0 Å². The Hall–Kier alpha value is -2.79. The highest BCUT2D eigenvalue weighted by Crippen LogP contribution is 2.52. The Bertz CT molecular complexity index is 1120. The predicted octanol–water partition coefficient (Wildman–Crippen LogP) is 4.57. The molecule has 2 aliphatic heterocycles. The maximum atomic E-state index is 13.8. The van der Waals surface area contributed by atoms with Gasteiger partial charge in [0.05, 0.1) is 11.7 Å². The summed E-state index contributed by atoms with van der Waals surface area (Å²) in [7, 11) is -3.51. The fourth-order valence-corrected chi connectivity index (χ4v) is 7.39. The van der Waals surface area contributed by atoms with Crippen LogP contribution in [0, 0.1) is 0 Å². The summed E-state index contributed by atoms with van der Waals surface area (Å²) < 4.78 is 29.3. The molecule has 29 heavy (non-hydrogen) atoms. The number of hydrogen-bond acceptors (Lipinski definition) is 3. The van der Waals surface area contributed by atoms with Crippen LogP contribution in [0.2, 0.25) is 0 Å². The number of benzene rings is 3. The van der Waals surface area contributed by atoms with Gasteiger partial charge in [0.1, 0.15) is 5.25 Å². The first-order valence-electron chi connectivity index (χ1n) is 10.1. The molecular weight excluding hydrogens is 380 g/mol. The first kappa shape index (κ1) is 18.3. The Labute approximate surface area is 172 Å². The first-order chi connectivity index (χ1) is 14.1. The first-order valence-corrected chi connectivity index (χ1v) is 11.6. The van der Waals surface area contributed by atoms with Crippen LogP contribution in [0.1, 0.15) is 30.0 Å². The van der Waals surface area contributed by atoms with E-state index >= 15 is 0 Å². The van der Waals surface area contributed by atoms with Gasteiger partial charge in [-0.05, 0) is 30.7 Å². The SMILES string of the molecule is CCN1c2ccccc2[C@H]2[C@H]([C@H](c3ccccc3)CN2c2ccccc2)S1(=O)=O. The minimum atomic E-state index is -3.51. The molecule has 3 atom stereocenters. The molecule has 0 unspecified atom stereocenters. The van der Waals surface area contributed by atoms with Crippen LogP contribution >= 0.6 is 0 Å². The molecule has 0 aliphatic carbocycles. The van der Waals surface area contributed by atoms with Gasteiger partial charge in [-0.25, -0.2) is 8.42 Å². The van der Waals surface area contributed by atoms with E-state index in [9.17, 15) is 8.42 Å². The summed E-state index contributed by atoms with van der Waals surface area (Å²) in [5, 5.41) is -0.514. The van der Waals surface area contributed by atoms with Crippen LogP contribution in [-0.2, 0) is 10.0 Å². The quantitative estimate of drug-likeness (QED) is 0.642. The molecule has 3 aromatic rings. The second-order valence-corrected chi connectivity index (χ2v) is 9.70. The van der Waals surface area contributed by atoms with Crippen molar-refractivity contribution in [3.05, 3.63) is 96.1 Å². The molecule has 4 nitrogen and oxygen atoms in total. The number of fused-ring (bicyclic) bond motifs is 3. The van der Waals surface area contributed by atoms with Gasteiger partial charge < -0.3 is 4.90 Å². The lowest BCUT2D eigenvalue weighted by atomic mass is 9.92. The molecule has 148 valence electrons. The largest absolute Gasteiger partial charge is 0.362 e. The highest BCUT2D eigenvalue weighted by Gasteiger charge is 2.55. The van der Waals surface area contributed by atoms with Gasteiger partial charge in [0.2, 0.25) is 10.0 Å². The molecule has 0 bridgehead atoms. The van der Waals surface area contributed by atoms with E-state index in [2.05, 4.69) is 35.2 Å². The summed E-state index contributed by atoms with van der Waals surface area (Å²) >= 11 is 0. The Morgan fingerprint density at radius 3 is 2.17 bits per heavy atom. The second-order valence-electron chi connectivity index (χ2n) is 7.68. The molecule has 5 rings (SSSR count). The fourth-order valence-electron chi connectivity index (χ4n) is 5.02. The minimum absolute atomic E-state index is 0.0891. The maximum absolute atomic E-state index is 13.8. The van der Waals surface area contributed by atoms with Crippen molar-refractivity contribution in [1.82, 2.24) is 0 Å². The zero-order valence-electron chi connectivity index (χ0n) is 16.3. The molecule has 0 saturated carbocycles. The highest BCUT2D eigenvalue weighted by atomic mass is 32.2. The third-order valence-electron chi connectivity index (χ3n) is 6.21. The zero-order chi connectivity index (χ0) is 20.0. The number of sulfonamides is 1.